The highest BCUT2D eigenvalue weighted by atomic mass is 35.5. The molecule has 0 aliphatic rings. The summed E-state index contributed by atoms with van der Waals surface area (Å²) in [6.45, 7) is 5.89. The minimum absolute atomic E-state index is 0.00940. The van der Waals surface area contributed by atoms with Crippen LogP contribution in [0.15, 0.2) is 71.5 Å². The maximum Gasteiger partial charge on any atom is 0.282 e. The molecule has 190 valence electrons. The van der Waals surface area contributed by atoms with Crippen LogP contribution in [0.5, 0.6) is 0 Å². The van der Waals surface area contributed by atoms with Crippen LogP contribution in [-0.2, 0) is 0 Å². The van der Waals surface area contributed by atoms with Crippen molar-refractivity contribution in [1.29, 1.82) is 0 Å². The van der Waals surface area contributed by atoms with Gasteiger partial charge in [-0.05, 0) is 55.7 Å². The molecule has 8 heteroatoms. The minimum Gasteiger partial charge on any atom is -0.331 e. The van der Waals surface area contributed by atoms with Crippen LogP contribution >= 0.6 is 23.2 Å². The van der Waals surface area contributed by atoms with Crippen molar-refractivity contribution in [2.75, 3.05) is 13.1 Å². The molecule has 4 aromatic rings. The van der Waals surface area contributed by atoms with Crippen molar-refractivity contribution in [2.45, 2.75) is 27.2 Å². The fourth-order valence-corrected chi connectivity index (χ4v) is 4.54. The van der Waals surface area contributed by atoms with Gasteiger partial charge in [0.2, 0.25) is 0 Å². The molecular formula is C29H27Cl2N3O3. The van der Waals surface area contributed by atoms with Gasteiger partial charge in [-0.2, -0.15) is 0 Å². The molecule has 1 aromatic heterocycles. The summed E-state index contributed by atoms with van der Waals surface area (Å²) in [6.07, 6.45) is 0.631. The van der Waals surface area contributed by atoms with E-state index in [4.69, 9.17) is 23.2 Å². The van der Waals surface area contributed by atoms with Crippen LogP contribution < -0.4 is 5.56 Å². The first-order valence-corrected chi connectivity index (χ1v) is 12.7. The summed E-state index contributed by atoms with van der Waals surface area (Å²) >= 11 is 12.1. The van der Waals surface area contributed by atoms with Crippen molar-refractivity contribution in [3.63, 3.8) is 0 Å². The van der Waals surface area contributed by atoms with Gasteiger partial charge in [-0.25, -0.2) is 4.68 Å². The van der Waals surface area contributed by atoms with Crippen molar-refractivity contribution >= 4 is 34.9 Å². The third kappa shape index (κ3) is 5.41. The van der Waals surface area contributed by atoms with Gasteiger partial charge in [0.05, 0.1) is 28.0 Å². The third-order valence-electron chi connectivity index (χ3n) is 6.33. The van der Waals surface area contributed by atoms with Crippen LogP contribution in [0.3, 0.4) is 0 Å². The van der Waals surface area contributed by atoms with Gasteiger partial charge in [0.1, 0.15) is 5.56 Å². The molecule has 0 unspecified atom stereocenters. The number of aryl methyl sites for hydroxylation is 1. The van der Waals surface area contributed by atoms with Gasteiger partial charge >= 0.3 is 0 Å². The van der Waals surface area contributed by atoms with Crippen molar-refractivity contribution < 1.29 is 9.59 Å². The Hall–Kier alpha value is -3.61. The number of carbonyl (C=O) groups is 2. The lowest BCUT2D eigenvalue weighted by molar-refractivity contribution is 0.0709. The van der Waals surface area contributed by atoms with Gasteiger partial charge in [0, 0.05) is 17.7 Å². The van der Waals surface area contributed by atoms with Crippen molar-refractivity contribution in [3.05, 3.63) is 109 Å². The van der Waals surface area contributed by atoms with E-state index < -0.39 is 11.3 Å². The molecule has 0 saturated heterocycles. The molecule has 0 fully saturated rings. The average molecular weight is 536 g/mol. The predicted molar refractivity (Wildman–Crippen MR) is 148 cm³/mol. The first-order chi connectivity index (χ1) is 17.7. The van der Waals surface area contributed by atoms with Gasteiger partial charge in [0.15, 0.2) is 5.78 Å². The van der Waals surface area contributed by atoms with Crippen molar-refractivity contribution in [1.82, 2.24) is 14.7 Å². The summed E-state index contributed by atoms with van der Waals surface area (Å²) in [6, 6.07) is 19.5. The number of hydrogen-bond donors (Lipinski definition) is 1. The van der Waals surface area contributed by atoms with Crippen molar-refractivity contribution in [2.24, 2.45) is 0 Å². The highest BCUT2D eigenvalue weighted by Gasteiger charge is 2.27. The number of halogens is 2. The summed E-state index contributed by atoms with van der Waals surface area (Å²) in [4.78, 5) is 42.2. The van der Waals surface area contributed by atoms with E-state index in [1.807, 2.05) is 69.3 Å². The fraction of sp³-hybridized carbons (Fsp3) is 0.207. The zero-order chi connectivity index (χ0) is 26.7. The zero-order valence-corrected chi connectivity index (χ0v) is 22.4. The lowest BCUT2D eigenvalue weighted by Crippen LogP contribution is -2.37. The molecule has 0 radical (unpaired) electrons. The van der Waals surface area contributed by atoms with Gasteiger partial charge < -0.3 is 4.90 Å². The first-order valence-electron chi connectivity index (χ1n) is 12.0. The summed E-state index contributed by atoms with van der Waals surface area (Å²) in [5.41, 5.74) is 3.59. The molecule has 0 atom stereocenters. The van der Waals surface area contributed by atoms with Gasteiger partial charge in [-0.3, -0.25) is 19.5 Å². The molecule has 37 heavy (non-hydrogen) atoms. The number of nitrogens with one attached hydrogen (secondary N) is 1. The van der Waals surface area contributed by atoms with E-state index in [0.717, 1.165) is 11.1 Å². The average Bonchev–Trinajstić information content (AvgIpc) is 3.24. The van der Waals surface area contributed by atoms with Gasteiger partial charge in [-0.15, -0.1) is 0 Å². The number of hydrogen-bond acceptors (Lipinski definition) is 3. The van der Waals surface area contributed by atoms with E-state index >= 15 is 0 Å². The fourth-order valence-electron chi connectivity index (χ4n) is 4.24. The molecule has 0 saturated carbocycles. The second-order valence-electron chi connectivity index (χ2n) is 8.87. The first kappa shape index (κ1) is 26.5. The Morgan fingerprint density at radius 3 is 2.35 bits per heavy atom. The van der Waals surface area contributed by atoms with Gasteiger partial charge in [0.25, 0.3) is 11.5 Å². The van der Waals surface area contributed by atoms with Crippen LogP contribution in [-0.4, -0.2) is 39.5 Å². The highest BCUT2D eigenvalue weighted by Crippen LogP contribution is 2.25. The van der Waals surface area contributed by atoms with E-state index in [1.54, 1.807) is 12.1 Å². The van der Waals surface area contributed by atoms with Crippen LogP contribution in [0, 0.1) is 13.8 Å². The molecule has 0 aliphatic heterocycles. The molecule has 6 nitrogen and oxygen atoms in total. The van der Waals surface area contributed by atoms with Crippen molar-refractivity contribution in [3.8, 4) is 16.9 Å². The van der Waals surface area contributed by atoms with E-state index in [-0.39, 0.29) is 23.0 Å². The quantitative estimate of drug-likeness (QED) is 0.262. The molecule has 0 aliphatic carbocycles. The number of amides is 1. The molecule has 4 rings (SSSR count). The number of rotatable bonds is 8. The lowest BCUT2D eigenvalue weighted by Gasteiger charge is -2.21. The monoisotopic (exact) mass is 535 g/mol. The summed E-state index contributed by atoms with van der Waals surface area (Å²) in [7, 11) is 0. The molecule has 0 bridgehead atoms. The molecule has 1 N–H and O–H groups in total. The minimum atomic E-state index is -0.462. The number of benzene rings is 3. The van der Waals surface area contributed by atoms with Crippen LogP contribution in [0.4, 0.5) is 0 Å². The van der Waals surface area contributed by atoms with E-state index in [9.17, 15) is 14.4 Å². The number of H-pyrrole nitrogens is 1. The molecular weight excluding hydrogens is 509 g/mol. The molecule has 1 amide bonds. The summed E-state index contributed by atoms with van der Waals surface area (Å²) < 4.78 is 1.41. The Bertz CT molecular complexity index is 1520. The number of aromatic nitrogens is 2. The molecule has 0 spiro atoms. The zero-order valence-electron chi connectivity index (χ0n) is 20.8. The largest absolute Gasteiger partial charge is 0.331 e. The molecule has 3 aromatic carbocycles. The maximum atomic E-state index is 13.7. The standard InChI is InChI=1S/C29H27Cl2N3O3/c1-4-15-33(28(36)21-13-14-22(30)23(31)16-21)17-25(35)26-27(20-10-6-5-7-11-20)32-34(29(26)37)24-12-8-9-18(2)19(24)3/h5-14,16,32H,4,15,17H2,1-3H3. The lowest BCUT2D eigenvalue weighted by atomic mass is 10.0. The predicted octanol–water partition coefficient (Wildman–Crippen LogP) is 6.49. The Morgan fingerprint density at radius 1 is 0.946 bits per heavy atom. The number of ketones is 1. The second-order valence-corrected chi connectivity index (χ2v) is 9.68. The Morgan fingerprint density at radius 2 is 1.68 bits per heavy atom. The number of Topliss-reactive ketones (excluding diaryl/α,β-unsaturated/α-hetero) is 1. The topological polar surface area (TPSA) is 75.2 Å². The second kappa shape index (κ2) is 11.2. The SMILES string of the molecule is CCCN(CC(=O)c1c(-c2ccccc2)[nH]n(-c2cccc(C)c2C)c1=O)C(=O)c1ccc(Cl)c(Cl)c1. The van der Waals surface area contributed by atoms with Crippen LogP contribution in [0.1, 0.15) is 45.2 Å². The normalized spacial score (nSPS) is 10.9. The summed E-state index contributed by atoms with van der Waals surface area (Å²) in [5, 5.41) is 3.75. The van der Waals surface area contributed by atoms with Gasteiger partial charge in [-0.1, -0.05) is 72.6 Å². The number of carbonyl (C=O) groups excluding carboxylic acids is 2. The Balaban J connectivity index is 1.78. The van der Waals surface area contributed by atoms with E-state index in [0.29, 0.717) is 40.5 Å². The Kier molecular flexibility index (Phi) is 8.00. The summed E-state index contributed by atoms with van der Waals surface area (Å²) in [5.74, 6) is -0.813. The highest BCUT2D eigenvalue weighted by molar-refractivity contribution is 6.42. The maximum absolute atomic E-state index is 13.7. The van der Waals surface area contributed by atoms with Crippen LogP contribution in [0.2, 0.25) is 10.0 Å². The number of nitrogens with zero attached hydrogens (tertiary/aromatic N) is 2. The van der Waals surface area contributed by atoms with E-state index in [2.05, 4.69) is 5.10 Å². The smallest absolute Gasteiger partial charge is 0.282 e. The molecule has 1 heterocycles. The Labute approximate surface area is 225 Å². The number of aromatic amines is 1. The van der Waals surface area contributed by atoms with E-state index in [1.165, 1.54) is 15.6 Å². The van der Waals surface area contributed by atoms with Crippen LogP contribution in [0.25, 0.3) is 16.9 Å². The third-order valence-corrected chi connectivity index (χ3v) is 7.07.